The Morgan fingerprint density at radius 3 is 2.90 bits per heavy atom. The summed E-state index contributed by atoms with van der Waals surface area (Å²) in [5, 5.41) is 10.3. The van der Waals surface area contributed by atoms with Gasteiger partial charge in [-0.05, 0) is 30.5 Å². The Morgan fingerprint density at radius 2 is 2.14 bits per heavy atom. The molecule has 1 saturated heterocycles. The monoisotopic (exact) mass is 286 g/mol. The summed E-state index contributed by atoms with van der Waals surface area (Å²) in [6.45, 7) is 0.775. The zero-order valence-electron chi connectivity index (χ0n) is 11.9. The highest BCUT2D eigenvalue weighted by Gasteiger charge is 2.33. The molecule has 2 aromatic rings. The summed E-state index contributed by atoms with van der Waals surface area (Å²) in [5.41, 5.74) is 1.15. The van der Waals surface area contributed by atoms with Gasteiger partial charge in [0.1, 0.15) is 12.1 Å². The predicted octanol–water partition coefficient (Wildman–Crippen LogP) is 1.06. The molecule has 0 spiro atoms. The second-order valence-corrected chi connectivity index (χ2v) is 5.09. The molecule has 6 heteroatoms. The van der Waals surface area contributed by atoms with Crippen LogP contribution in [0.4, 0.5) is 5.82 Å². The van der Waals surface area contributed by atoms with Crippen LogP contribution < -0.4 is 9.64 Å². The fraction of sp³-hybridized carbons (Fsp3) is 0.400. The molecule has 1 aliphatic heterocycles. The molecule has 0 bridgehead atoms. The maximum Gasteiger partial charge on any atom is 0.218 e. The number of nitrogens with zero attached hydrogens (tertiary/aromatic N) is 4. The normalized spacial score (nSPS) is 21.5. The lowest BCUT2D eigenvalue weighted by Crippen LogP contribution is -2.37. The van der Waals surface area contributed by atoms with E-state index in [0.717, 1.165) is 30.8 Å². The fourth-order valence-electron chi connectivity index (χ4n) is 2.73. The van der Waals surface area contributed by atoms with E-state index in [0.29, 0.717) is 5.88 Å². The van der Waals surface area contributed by atoms with E-state index in [-0.39, 0.29) is 12.1 Å². The molecular formula is C15H18N4O2. The zero-order valence-corrected chi connectivity index (χ0v) is 11.9. The van der Waals surface area contributed by atoms with Gasteiger partial charge in [-0.3, -0.25) is 4.98 Å². The van der Waals surface area contributed by atoms with Gasteiger partial charge in [-0.2, -0.15) is 0 Å². The summed E-state index contributed by atoms with van der Waals surface area (Å²) >= 11 is 0. The molecule has 2 aromatic heterocycles. The predicted molar refractivity (Wildman–Crippen MR) is 78.3 cm³/mol. The molecule has 6 nitrogen and oxygen atoms in total. The molecule has 1 fully saturated rings. The lowest BCUT2D eigenvalue weighted by atomic mass is 10.0. The van der Waals surface area contributed by atoms with E-state index in [9.17, 15) is 5.11 Å². The maximum absolute atomic E-state index is 10.3. The summed E-state index contributed by atoms with van der Waals surface area (Å²) in [6.07, 6.45) is 6.17. The number of ether oxygens (including phenoxy) is 1. The van der Waals surface area contributed by atoms with E-state index in [1.165, 1.54) is 6.33 Å². The van der Waals surface area contributed by atoms with Crippen LogP contribution in [0.2, 0.25) is 0 Å². The SMILES string of the molecule is COc1cc(N2CC[C@@H](O)[C@@H]2Cc2ccncc2)ncn1. The third-order valence-corrected chi connectivity index (χ3v) is 3.84. The number of aliphatic hydroxyl groups is 1. The van der Waals surface area contributed by atoms with E-state index in [2.05, 4.69) is 19.9 Å². The van der Waals surface area contributed by atoms with Crippen LogP contribution in [0.1, 0.15) is 12.0 Å². The number of anilines is 1. The third-order valence-electron chi connectivity index (χ3n) is 3.84. The first-order valence-corrected chi connectivity index (χ1v) is 6.97. The highest BCUT2D eigenvalue weighted by Crippen LogP contribution is 2.27. The number of pyridine rings is 1. The van der Waals surface area contributed by atoms with Crippen LogP contribution in [0.3, 0.4) is 0 Å². The Bertz CT molecular complexity index is 593. The molecular weight excluding hydrogens is 268 g/mol. The van der Waals surface area contributed by atoms with Crippen molar-refractivity contribution in [1.82, 2.24) is 15.0 Å². The zero-order chi connectivity index (χ0) is 14.7. The molecule has 1 aliphatic rings. The summed E-state index contributed by atoms with van der Waals surface area (Å²) in [6, 6.07) is 5.76. The smallest absolute Gasteiger partial charge is 0.218 e. The number of rotatable bonds is 4. The first kappa shape index (κ1) is 13.8. The fourth-order valence-corrected chi connectivity index (χ4v) is 2.73. The highest BCUT2D eigenvalue weighted by molar-refractivity contribution is 5.44. The number of hydrogen-bond donors (Lipinski definition) is 1. The molecule has 0 aliphatic carbocycles. The molecule has 3 heterocycles. The Morgan fingerprint density at radius 1 is 1.33 bits per heavy atom. The van der Waals surface area contributed by atoms with Gasteiger partial charge in [0.15, 0.2) is 0 Å². The van der Waals surface area contributed by atoms with Crippen LogP contribution in [0, 0.1) is 0 Å². The van der Waals surface area contributed by atoms with Gasteiger partial charge >= 0.3 is 0 Å². The second-order valence-electron chi connectivity index (χ2n) is 5.09. The van der Waals surface area contributed by atoms with E-state index in [1.807, 2.05) is 12.1 Å². The van der Waals surface area contributed by atoms with Crippen molar-refractivity contribution in [2.24, 2.45) is 0 Å². The topological polar surface area (TPSA) is 71.4 Å². The van der Waals surface area contributed by atoms with E-state index < -0.39 is 0 Å². The first-order chi connectivity index (χ1) is 10.3. The minimum absolute atomic E-state index is 0.00649. The van der Waals surface area contributed by atoms with Gasteiger partial charge in [-0.25, -0.2) is 9.97 Å². The minimum atomic E-state index is -0.362. The van der Waals surface area contributed by atoms with Crippen LogP contribution in [-0.4, -0.2) is 45.9 Å². The molecule has 0 aromatic carbocycles. The van der Waals surface area contributed by atoms with E-state index in [4.69, 9.17) is 4.74 Å². The number of methoxy groups -OCH3 is 1. The van der Waals surface area contributed by atoms with Crippen molar-refractivity contribution in [1.29, 1.82) is 0 Å². The van der Waals surface area contributed by atoms with Crippen LogP contribution in [0.5, 0.6) is 5.88 Å². The van der Waals surface area contributed by atoms with Crippen molar-refractivity contribution in [3.63, 3.8) is 0 Å². The van der Waals surface area contributed by atoms with Gasteiger partial charge in [0.2, 0.25) is 5.88 Å². The molecule has 1 N–H and O–H groups in total. The van der Waals surface area contributed by atoms with Gasteiger partial charge in [0, 0.05) is 25.0 Å². The van der Waals surface area contributed by atoms with Crippen molar-refractivity contribution in [2.45, 2.75) is 25.0 Å². The summed E-state index contributed by atoms with van der Waals surface area (Å²) in [4.78, 5) is 14.5. The quantitative estimate of drug-likeness (QED) is 0.906. The number of aromatic nitrogens is 3. The molecule has 21 heavy (non-hydrogen) atoms. The lowest BCUT2D eigenvalue weighted by Gasteiger charge is -2.27. The molecule has 0 saturated carbocycles. The first-order valence-electron chi connectivity index (χ1n) is 6.97. The van der Waals surface area contributed by atoms with Crippen LogP contribution in [0.25, 0.3) is 0 Å². The molecule has 3 rings (SSSR count). The molecule has 0 amide bonds. The molecule has 110 valence electrons. The van der Waals surface area contributed by atoms with E-state index in [1.54, 1.807) is 25.6 Å². The third kappa shape index (κ3) is 2.95. The van der Waals surface area contributed by atoms with Crippen LogP contribution in [-0.2, 0) is 6.42 Å². The minimum Gasteiger partial charge on any atom is -0.481 e. The van der Waals surface area contributed by atoms with Crippen molar-refractivity contribution >= 4 is 5.82 Å². The highest BCUT2D eigenvalue weighted by atomic mass is 16.5. The number of aliphatic hydroxyl groups excluding tert-OH is 1. The van der Waals surface area contributed by atoms with Gasteiger partial charge in [-0.1, -0.05) is 0 Å². The molecule has 2 atom stereocenters. The lowest BCUT2D eigenvalue weighted by molar-refractivity contribution is 0.164. The van der Waals surface area contributed by atoms with Crippen molar-refractivity contribution < 1.29 is 9.84 Å². The number of hydrogen-bond acceptors (Lipinski definition) is 6. The van der Waals surface area contributed by atoms with E-state index >= 15 is 0 Å². The summed E-state index contributed by atoms with van der Waals surface area (Å²) < 4.78 is 5.15. The van der Waals surface area contributed by atoms with Gasteiger partial charge in [0.05, 0.1) is 19.3 Å². The summed E-state index contributed by atoms with van der Waals surface area (Å²) in [5.74, 6) is 1.32. The Hall–Kier alpha value is -2.21. The Kier molecular flexibility index (Phi) is 3.96. The second kappa shape index (κ2) is 6.05. The average Bonchev–Trinajstić information content (AvgIpc) is 2.89. The van der Waals surface area contributed by atoms with Gasteiger partial charge in [-0.15, -0.1) is 0 Å². The van der Waals surface area contributed by atoms with Crippen molar-refractivity contribution in [3.05, 3.63) is 42.5 Å². The summed E-state index contributed by atoms with van der Waals surface area (Å²) in [7, 11) is 1.58. The largest absolute Gasteiger partial charge is 0.481 e. The average molecular weight is 286 g/mol. The molecule has 0 unspecified atom stereocenters. The standard InChI is InChI=1S/C15H18N4O2/c1-21-15-9-14(17-10-18-15)19-7-4-13(20)12(19)8-11-2-5-16-6-3-11/h2-3,5-6,9-10,12-13,20H,4,7-8H2,1H3/t12-,13+/m0/s1. The van der Waals surface area contributed by atoms with Crippen LogP contribution >= 0.6 is 0 Å². The Balaban J connectivity index is 1.83. The van der Waals surface area contributed by atoms with Crippen molar-refractivity contribution in [3.8, 4) is 5.88 Å². The van der Waals surface area contributed by atoms with Gasteiger partial charge < -0.3 is 14.7 Å². The van der Waals surface area contributed by atoms with Gasteiger partial charge in [0.25, 0.3) is 0 Å². The van der Waals surface area contributed by atoms with Crippen LogP contribution in [0.15, 0.2) is 36.9 Å². The molecule has 0 radical (unpaired) electrons. The maximum atomic E-state index is 10.3. The van der Waals surface area contributed by atoms with Crippen molar-refractivity contribution in [2.75, 3.05) is 18.6 Å². The Labute approximate surface area is 123 Å².